The Hall–Kier alpha value is -3.15. The zero-order valence-electron chi connectivity index (χ0n) is 13.3. The van der Waals surface area contributed by atoms with E-state index in [-0.39, 0.29) is 12.2 Å². The summed E-state index contributed by atoms with van der Waals surface area (Å²) < 4.78 is 5.01. The second-order valence-corrected chi connectivity index (χ2v) is 5.54. The van der Waals surface area contributed by atoms with Crippen LogP contribution >= 0.6 is 0 Å². The Balaban J connectivity index is 1.66. The first-order chi connectivity index (χ1) is 11.6. The van der Waals surface area contributed by atoms with Crippen molar-refractivity contribution in [1.82, 2.24) is 10.1 Å². The molecule has 0 unspecified atom stereocenters. The minimum atomic E-state index is -0.0859. The van der Waals surface area contributed by atoms with Gasteiger partial charge in [-0.3, -0.25) is 4.79 Å². The summed E-state index contributed by atoms with van der Waals surface area (Å²) >= 11 is 0. The molecule has 0 bridgehead atoms. The van der Waals surface area contributed by atoms with Crippen molar-refractivity contribution in [2.24, 2.45) is 0 Å². The highest BCUT2D eigenvalue weighted by molar-refractivity contribution is 5.94. The summed E-state index contributed by atoms with van der Waals surface area (Å²) in [4.78, 5) is 16.2. The number of Topliss-reactive ketones (excluding diaryl/α,β-unsaturated/α-hetero) is 1. The normalized spacial score (nSPS) is 10.5. The number of nitrogens with two attached hydrogens (primary N) is 1. The minimum absolute atomic E-state index is 0.0859. The van der Waals surface area contributed by atoms with E-state index in [1.807, 2.05) is 36.4 Å². The van der Waals surface area contributed by atoms with Gasteiger partial charge < -0.3 is 15.6 Å². The maximum absolute atomic E-state index is 12.2. The number of pyridine rings is 1. The Morgan fingerprint density at radius 1 is 1.21 bits per heavy atom. The fourth-order valence-electron chi connectivity index (χ4n) is 2.38. The predicted molar refractivity (Wildman–Crippen MR) is 91.7 cm³/mol. The van der Waals surface area contributed by atoms with Gasteiger partial charge in [0.2, 0.25) is 11.5 Å². The first-order valence-corrected chi connectivity index (χ1v) is 7.60. The molecule has 6 heteroatoms. The van der Waals surface area contributed by atoms with Crippen LogP contribution in [0.15, 0.2) is 53.2 Å². The molecule has 122 valence electrons. The quantitative estimate of drug-likeness (QED) is 0.678. The highest BCUT2D eigenvalue weighted by atomic mass is 16.5. The maximum Gasteiger partial charge on any atom is 0.205 e. The van der Waals surface area contributed by atoms with Gasteiger partial charge in [0.1, 0.15) is 5.82 Å². The highest BCUT2D eigenvalue weighted by Gasteiger charge is 2.12. The molecule has 0 saturated carbocycles. The van der Waals surface area contributed by atoms with E-state index in [9.17, 15) is 4.79 Å². The lowest BCUT2D eigenvalue weighted by Gasteiger charge is -2.09. The SMILES string of the molecule is Cc1cc(C(=O)Cc2cccc(CNc3cccnc3N)c2)on1. The summed E-state index contributed by atoms with van der Waals surface area (Å²) in [5.74, 6) is 0.667. The molecule has 0 aliphatic carbocycles. The molecule has 3 aromatic rings. The highest BCUT2D eigenvalue weighted by Crippen LogP contribution is 2.16. The predicted octanol–water partition coefficient (Wildman–Crippen LogP) is 3.00. The first-order valence-electron chi connectivity index (χ1n) is 7.60. The third-order valence-electron chi connectivity index (χ3n) is 3.58. The number of anilines is 2. The van der Waals surface area contributed by atoms with Crippen molar-refractivity contribution in [2.75, 3.05) is 11.1 Å². The van der Waals surface area contributed by atoms with Gasteiger partial charge in [-0.25, -0.2) is 4.98 Å². The number of nitrogens with one attached hydrogen (secondary N) is 1. The van der Waals surface area contributed by atoms with E-state index >= 15 is 0 Å². The molecular weight excluding hydrogens is 304 g/mol. The van der Waals surface area contributed by atoms with E-state index < -0.39 is 0 Å². The Morgan fingerprint density at radius 3 is 2.79 bits per heavy atom. The van der Waals surface area contributed by atoms with E-state index in [1.165, 1.54) is 0 Å². The molecule has 6 nitrogen and oxygen atoms in total. The lowest BCUT2D eigenvalue weighted by atomic mass is 10.0. The number of nitrogens with zero attached hydrogens (tertiary/aromatic N) is 2. The molecule has 0 fully saturated rings. The topological polar surface area (TPSA) is 94.0 Å². The van der Waals surface area contributed by atoms with Crippen LogP contribution in [-0.4, -0.2) is 15.9 Å². The number of hydrogen-bond acceptors (Lipinski definition) is 6. The number of nitrogen functional groups attached to an aromatic ring is 1. The van der Waals surface area contributed by atoms with E-state index in [0.717, 1.165) is 16.8 Å². The number of carbonyl (C=O) groups excluding carboxylic acids is 1. The minimum Gasteiger partial charge on any atom is -0.382 e. The van der Waals surface area contributed by atoms with Crippen LogP contribution in [0.1, 0.15) is 27.4 Å². The van der Waals surface area contributed by atoms with Crippen LogP contribution in [0.3, 0.4) is 0 Å². The van der Waals surface area contributed by atoms with Crippen molar-refractivity contribution < 1.29 is 9.32 Å². The molecule has 0 aliphatic rings. The lowest BCUT2D eigenvalue weighted by Crippen LogP contribution is -2.05. The average Bonchev–Trinajstić information content (AvgIpc) is 3.01. The van der Waals surface area contributed by atoms with Crippen molar-refractivity contribution in [3.63, 3.8) is 0 Å². The van der Waals surface area contributed by atoms with Crippen LogP contribution in [0, 0.1) is 6.92 Å². The summed E-state index contributed by atoms with van der Waals surface area (Å²) in [5, 5.41) is 6.99. The summed E-state index contributed by atoms with van der Waals surface area (Å²) in [6, 6.07) is 13.2. The van der Waals surface area contributed by atoms with Crippen LogP contribution in [0.25, 0.3) is 0 Å². The lowest BCUT2D eigenvalue weighted by molar-refractivity contribution is 0.0957. The van der Waals surface area contributed by atoms with Crippen molar-refractivity contribution in [1.29, 1.82) is 0 Å². The van der Waals surface area contributed by atoms with Crippen molar-refractivity contribution in [2.45, 2.75) is 19.9 Å². The van der Waals surface area contributed by atoms with Gasteiger partial charge in [0.05, 0.1) is 11.4 Å². The standard InChI is InChI=1S/C18H18N4O2/c1-12-8-17(24-22-12)16(23)10-13-4-2-5-14(9-13)11-21-15-6-3-7-20-18(15)19/h2-9,21H,10-11H2,1H3,(H2,19,20). The summed E-state index contributed by atoms with van der Waals surface area (Å²) in [6.45, 7) is 2.38. The van der Waals surface area contributed by atoms with E-state index in [4.69, 9.17) is 10.3 Å². The van der Waals surface area contributed by atoms with Crippen LogP contribution in [0.4, 0.5) is 11.5 Å². The van der Waals surface area contributed by atoms with Gasteiger partial charge in [-0.05, 0) is 30.2 Å². The van der Waals surface area contributed by atoms with Crippen molar-refractivity contribution in [3.05, 3.63) is 71.2 Å². The van der Waals surface area contributed by atoms with Gasteiger partial charge in [0.25, 0.3) is 0 Å². The Kier molecular flexibility index (Phi) is 4.56. The smallest absolute Gasteiger partial charge is 0.205 e. The number of rotatable bonds is 6. The second kappa shape index (κ2) is 6.95. The molecule has 3 rings (SSSR count). The second-order valence-electron chi connectivity index (χ2n) is 5.54. The number of aryl methyl sites for hydroxylation is 1. The number of benzene rings is 1. The van der Waals surface area contributed by atoms with Gasteiger partial charge in [-0.2, -0.15) is 0 Å². The van der Waals surface area contributed by atoms with E-state index in [2.05, 4.69) is 15.5 Å². The number of aromatic nitrogens is 2. The average molecular weight is 322 g/mol. The summed E-state index contributed by atoms with van der Waals surface area (Å²) in [5.41, 5.74) is 9.28. The molecule has 2 heterocycles. The number of ketones is 1. The Bertz CT molecular complexity index is 857. The van der Waals surface area contributed by atoms with E-state index in [1.54, 1.807) is 19.2 Å². The van der Waals surface area contributed by atoms with Crippen LogP contribution in [0.2, 0.25) is 0 Å². The molecule has 0 atom stereocenters. The summed E-state index contributed by atoms with van der Waals surface area (Å²) in [7, 11) is 0. The largest absolute Gasteiger partial charge is 0.382 e. The monoisotopic (exact) mass is 322 g/mol. The molecule has 1 aromatic carbocycles. The third kappa shape index (κ3) is 3.78. The van der Waals surface area contributed by atoms with Gasteiger partial charge in [0, 0.05) is 25.2 Å². The van der Waals surface area contributed by atoms with Crippen molar-refractivity contribution in [3.8, 4) is 0 Å². The molecule has 3 N–H and O–H groups in total. The summed E-state index contributed by atoms with van der Waals surface area (Å²) in [6.07, 6.45) is 1.93. The Morgan fingerprint density at radius 2 is 2.04 bits per heavy atom. The van der Waals surface area contributed by atoms with Crippen LogP contribution < -0.4 is 11.1 Å². The molecule has 24 heavy (non-hydrogen) atoms. The molecular formula is C18H18N4O2. The number of carbonyl (C=O) groups is 1. The van der Waals surface area contributed by atoms with Crippen molar-refractivity contribution >= 4 is 17.3 Å². The zero-order valence-corrected chi connectivity index (χ0v) is 13.3. The van der Waals surface area contributed by atoms with E-state index in [0.29, 0.717) is 23.8 Å². The fourth-order valence-corrected chi connectivity index (χ4v) is 2.38. The van der Waals surface area contributed by atoms with Crippen LogP contribution in [0.5, 0.6) is 0 Å². The van der Waals surface area contributed by atoms with Gasteiger partial charge in [0.15, 0.2) is 0 Å². The first kappa shape index (κ1) is 15.7. The molecule has 2 aromatic heterocycles. The fraction of sp³-hybridized carbons (Fsp3) is 0.167. The molecule has 0 radical (unpaired) electrons. The van der Waals surface area contributed by atoms with Gasteiger partial charge in [-0.15, -0.1) is 0 Å². The molecule has 0 saturated heterocycles. The Labute approximate surface area is 139 Å². The molecule has 0 spiro atoms. The maximum atomic E-state index is 12.2. The number of hydrogen-bond donors (Lipinski definition) is 2. The third-order valence-corrected chi connectivity index (χ3v) is 3.58. The molecule has 0 amide bonds. The van der Waals surface area contributed by atoms with Gasteiger partial charge in [-0.1, -0.05) is 29.4 Å². The van der Waals surface area contributed by atoms with Gasteiger partial charge >= 0.3 is 0 Å². The zero-order chi connectivity index (χ0) is 16.9. The molecule has 0 aliphatic heterocycles. The van der Waals surface area contributed by atoms with Crippen LogP contribution in [-0.2, 0) is 13.0 Å².